The fraction of sp³-hybridized carbons (Fsp3) is 0.360. The van der Waals surface area contributed by atoms with E-state index in [9.17, 15) is 14.4 Å². The number of imidazole rings is 1. The first-order chi connectivity index (χ1) is 16.9. The maximum absolute atomic E-state index is 13.3. The van der Waals surface area contributed by atoms with Gasteiger partial charge in [0.2, 0.25) is 5.91 Å². The lowest BCUT2D eigenvalue weighted by molar-refractivity contribution is -0.129. The maximum atomic E-state index is 13.3. The summed E-state index contributed by atoms with van der Waals surface area (Å²) in [6, 6.07) is 8.45. The Morgan fingerprint density at radius 1 is 1.17 bits per heavy atom. The summed E-state index contributed by atoms with van der Waals surface area (Å²) in [7, 11) is 1.34. The van der Waals surface area contributed by atoms with Crippen LogP contribution < -0.4 is 10.8 Å². The summed E-state index contributed by atoms with van der Waals surface area (Å²) in [5.74, 6) is -0.547. The van der Waals surface area contributed by atoms with Crippen LogP contribution >= 0.6 is 11.3 Å². The molecule has 0 saturated heterocycles. The van der Waals surface area contributed by atoms with Crippen molar-refractivity contribution in [3.63, 3.8) is 0 Å². The van der Waals surface area contributed by atoms with Crippen molar-refractivity contribution in [3.8, 4) is 0 Å². The van der Waals surface area contributed by atoms with E-state index >= 15 is 0 Å². The number of nitrogens with zero attached hydrogens (tertiary/aromatic N) is 2. The molecule has 3 N–H and O–H groups in total. The van der Waals surface area contributed by atoms with Crippen molar-refractivity contribution >= 4 is 29.1 Å². The third-order valence-electron chi connectivity index (χ3n) is 5.59. The molecule has 2 aromatic heterocycles. The zero-order valence-electron chi connectivity index (χ0n) is 19.8. The highest BCUT2D eigenvalue weighted by Crippen LogP contribution is 2.16. The van der Waals surface area contributed by atoms with E-state index in [1.807, 2.05) is 33.5 Å². The van der Waals surface area contributed by atoms with Gasteiger partial charge in [-0.05, 0) is 52.9 Å². The molecule has 0 aliphatic rings. The van der Waals surface area contributed by atoms with Crippen LogP contribution in [0.2, 0.25) is 0 Å². The van der Waals surface area contributed by atoms with Crippen LogP contribution in [0.1, 0.15) is 64.0 Å². The number of aryl methyl sites for hydroxylation is 1. The number of rotatable bonds is 12. The summed E-state index contributed by atoms with van der Waals surface area (Å²) in [4.78, 5) is 41.4. The minimum absolute atomic E-state index is 0.0656. The van der Waals surface area contributed by atoms with Gasteiger partial charge in [0.1, 0.15) is 11.5 Å². The van der Waals surface area contributed by atoms with Crippen LogP contribution in [0.15, 0.2) is 47.3 Å². The predicted octanol–water partition coefficient (Wildman–Crippen LogP) is 3.36. The van der Waals surface area contributed by atoms with E-state index in [1.54, 1.807) is 23.8 Å². The Morgan fingerprint density at radius 2 is 1.94 bits per heavy atom. The summed E-state index contributed by atoms with van der Waals surface area (Å²) in [6.45, 7) is 2.49. The van der Waals surface area contributed by atoms with Gasteiger partial charge in [0.05, 0.1) is 18.9 Å². The highest BCUT2D eigenvalue weighted by molar-refractivity contribution is 7.07. The second-order valence-corrected chi connectivity index (χ2v) is 8.96. The number of methoxy groups -OCH3 is 1. The Balaban J connectivity index is 1.83. The minimum atomic E-state index is -0.576. The van der Waals surface area contributed by atoms with E-state index in [1.165, 1.54) is 18.4 Å². The minimum Gasteiger partial charge on any atom is -0.465 e. The molecule has 2 amide bonds. The van der Waals surface area contributed by atoms with E-state index in [-0.39, 0.29) is 12.3 Å². The molecule has 10 heteroatoms. The number of aromatic nitrogens is 2. The standard InChI is InChI=1S/C25H30N4O5S/c1-3-4-5-22-26-14-21(29(22)15-17-6-8-19(9-7-17)25(32)34-2)24(31)27-20(13-23(30)28-33)12-18-10-11-35-16-18/h6-11,14,16,20,33H,3-5,12-13,15H2,1-2H3,(H,27,31)(H,28,30)/t20-/m1/s1. The number of carbonyl (C=O) groups excluding carboxylic acids is 3. The number of ether oxygens (including phenoxy) is 1. The molecule has 2 heterocycles. The van der Waals surface area contributed by atoms with Gasteiger partial charge in [0.25, 0.3) is 5.91 Å². The van der Waals surface area contributed by atoms with Gasteiger partial charge in [-0.3, -0.25) is 14.8 Å². The van der Waals surface area contributed by atoms with Crippen molar-refractivity contribution in [3.05, 3.63) is 75.5 Å². The van der Waals surface area contributed by atoms with Crippen LogP contribution in [0.4, 0.5) is 0 Å². The normalized spacial score (nSPS) is 11.6. The van der Waals surface area contributed by atoms with Crippen LogP contribution in [-0.4, -0.2) is 45.7 Å². The molecule has 35 heavy (non-hydrogen) atoms. The molecule has 3 rings (SSSR count). The highest BCUT2D eigenvalue weighted by atomic mass is 32.1. The smallest absolute Gasteiger partial charge is 0.337 e. The molecular weight excluding hydrogens is 468 g/mol. The molecule has 0 aliphatic heterocycles. The number of nitrogens with one attached hydrogen (secondary N) is 2. The molecule has 186 valence electrons. The number of hydroxylamine groups is 1. The van der Waals surface area contributed by atoms with Gasteiger partial charge in [-0.1, -0.05) is 25.5 Å². The number of esters is 1. The van der Waals surface area contributed by atoms with E-state index in [2.05, 4.69) is 17.2 Å². The summed E-state index contributed by atoms with van der Waals surface area (Å²) in [5.41, 5.74) is 4.36. The fourth-order valence-electron chi connectivity index (χ4n) is 3.75. The first-order valence-electron chi connectivity index (χ1n) is 11.4. The Morgan fingerprint density at radius 3 is 2.57 bits per heavy atom. The van der Waals surface area contributed by atoms with Crippen molar-refractivity contribution in [2.75, 3.05) is 7.11 Å². The zero-order chi connectivity index (χ0) is 25.2. The average molecular weight is 499 g/mol. The number of hydrogen-bond donors (Lipinski definition) is 3. The van der Waals surface area contributed by atoms with E-state index in [4.69, 9.17) is 9.94 Å². The van der Waals surface area contributed by atoms with Crippen molar-refractivity contribution in [1.82, 2.24) is 20.3 Å². The Kier molecular flexibility index (Phi) is 9.56. The van der Waals surface area contributed by atoms with E-state index in [0.717, 1.165) is 36.2 Å². The van der Waals surface area contributed by atoms with Crippen LogP contribution in [0.5, 0.6) is 0 Å². The second-order valence-electron chi connectivity index (χ2n) is 8.18. The molecule has 9 nitrogen and oxygen atoms in total. The number of hydrogen-bond acceptors (Lipinski definition) is 7. The summed E-state index contributed by atoms with van der Waals surface area (Å²) in [5, 5.41) is 15.8. The Labute approximate surface area is 208 Å². The van der Waals surface area contributed by atoms with Crippen molar-refractivity contribution in [2.45, 2.75) is 51.6 Å². The number of thiophene rings is 1. The molecule has 0 spiro atoms. The monoisotopic (exact) mass is 498 g/mol. The van der Waals surface area contributed by atoms with Crippen LogP contribution in [0.25, 0.3) is 0 Å². The second kappa shape index (κ2) is 12.8. The molecule has 0 unspecified atom stereocenters. The Bertz CT molecular complexity index is 1130. The third-order valence-corrected chi connectivity index (χ3v) is 6.33. The fourth-order valence-corrected chi connectivity index (χ4v) is 4.43. The largest absolute Gasteiger partial charge is 0.465 e. The maximum Gasteiger partial charge on any atom is 0.337 e. The number of carbonyl (C=O) groups is 3. The molecule has 1 aromatic carbocycles. The zero-order valence-corrected chi connectivity index (χ0v) is 20.6. The number of unbranched alkanes of at least 4 members (excludes halogenated alkanes) is 1. The predicted molar refractivity (Wildman–Crippen MR) is 132 cm³/mol. The summed E-state index contributed by atoms with van der Waals surface area (Å²) >= 11 is 1.53. The molecular formula is C25H30N4O5S. The van der Waals surface area contributed by atoms with Gasteiger partial charge in [-0.15, -0.1) is 0 Å². The van der Waals surface area contributed by atoms with Crippen molar-refractivity contribution in [1.29, 1.82) is 0 Å². The molecule has 0 saturated carbocycles. The van der Waals surface area contributed by atoms with E-state index in [0.29, 0.717) is 24.2 Å². The molecule has 0 aliphatic carbocycles. The quantitative estimate of drug-likeness (QED) is 0.200. The average Bonchev–Trinajstić information content (AvgIpc) is 3.52. The van der Waals surface area contributed by atoms with Crippen LogP contribution in [-0.2, 0) is 28.9 Å². The summed E-state index contributed by atoms with van der Waals surface area (Å²) in [6.07, 6.45) is 4.57. The van der Waals surface area contributed by atoms with Gasteiger partial charge >= 0.3 is 5.97 Å². The van der Waals surface area contributed by atoms with Gasteiger partial charge in [-0.2, -0.15) is 11.3 Å². The topological polar surface area (TPSA) is 123 Å². The molecule has 0 fully saturated rings. The Hall–Kier alpha value is -3.50. The van der Waals surface area contributed by atoms with Crippen LogP contribution in [0, 0.1) is 0 Å². The van der Waals surface area contributed by atoms with Gasteiger partial charge < -0.3 is 14.6 Å². The van der Waals surface area contributed by atoms with Gasteiger partial charge in [0.15, 0.2) is 0 Å². The highest BCUT2D eigenvalue weighted by Gasteiger charge is 2.22. The van der Waals surface area contributed by atoms with Crippen LogP contribution in [0.3, 0.4) is 0 Å². The molecule has 0 bridgehead atoms. The van der Waals surface area contributed by atoms with Crippen molar-refractivity contribution < 1.29 is 24.3 Å². The van der Waals surface area contributed by atoms with Gasteiger partial charge in [-0.25, -0.2) is 15.3 Å². The number of amides is 2. The molecule has 3 aromatic rings. The van der Waals surface area contributed by atoms with Crippen molar-refractivity contribution in [2.24, 2.45) is 0 Å². The lowest BCUT2D eigenvalue weighted by Crippen LogP contribution is -2.40. The first kappa shape index (κ1) is 26.1. The molecule has 1 atom stereocenters. The lowest BCUT2D eigenvalue weighted by atomic mass is 10.1. The lowest BCUT2D eigenvalue weighted by Gasteiger charge is -2.19. The SMILES string of the molecule is CCCCc1ncc(C(=O)N[C@@H](CC(=O)NO)Cc2ccsc2)n1Cc1ccc(C(=O)OC)cc1. The first-order valence-corrected chi connectivity index (χ1v) is 12.4. The number of benzene rings is 1. The van der Waals surface area contributed by atoms with E-state index < -0.39 is 17.9 Å². The molecule has 0 radical (unpaired) electrons. The third kappa shape index (κ3) is 7.24. The van der Waals surface area contributed by atoms with Gasteiger partial charge in [0, 0.05) is 25.4 Å². The summed E-state index contributed by atoms with van der Waals surface area (Å²) < 4.78 is 6.62.